The van der Waals surface area contributed by atoms with Gasteiger partial charge in [-0.25, -0.2) is 0 Å². The van der Waals surface area contributed by atoms with Gasteiger partial charge in [-0.2, -0.15) is 0 Å². The van der Waals surface area contributed by atoms with Crippen LogP contribution in [-0.4, -0.2) is 35.0 Å². The molecule has 0 radical (unpaired) electrons. The monoisotopic (exact) mass is 143 g/mol. The number of rotatable bonds is 0. The van der Waals surface area contributed by atoms with Crippen LogP contribution in [-0.2, 0) is 0 Å². The minimum Gasteiger partial charge on any atom is -0.390 e. The Hall–Kier alpha value is -0.120. The smallest absolute Gasteiger partial charge is 0.0954 e. The maximum atomic E-state index is 9.38. The van der Waals surface area contributed by atoms with Gasteiger partial charge in [0.1, 0.15) is 0 Å². The highest BCUT2D eigenvalue weighted by molar-refractivity contribution is 4.98. The summed E-state index contributed by atoms with van der Waals surface area (Å²) < 4.78 is 0. The van der Waals surface area contributed by atoms with E-state index in [1.165, 1.54) is 0 Å². The summed E-state index contributed by atoms with van der Waals surface area (Å²) in [4.78, 5) is 0. The maximum Gasteiger partial charge on any atom is 0.0954 e. The molecule has 1 aliphatic carbocycles. The number of nitrogens with one attached hydrogen (secondary N) is 1. The molecule has 0 spiro atoms. The van der Waals surface area contributed by atoms with E-state index >= 15 is 0 Å². The molecule has 2 bridgehead atoms. The van der Waals surface area contributed by atoms with Gasteiger partial charge in [-0.15, -0.1) is 0 Å². The Labute approximate surface area is 60.1 Å². The first-order valence-electron chi connectivity index (χ1n) is 3.88. The molecule has 1 saturated carbocycles. The number of piperidine rings is 1. The fraction of sp³-hybridized carbons (Fsp3) is 1.00. The molecule has 2 aliphatic rings. The first-order valence-corrected chi connectivity index (χ1v) is 3.88. The molecule has 0 aromatic carbocycles. The lowest BCUT2D eigenvalue weighted by Gasteiger charge is -2.19. The molecule has 4 atom stereocenters. The molecule has 1 saturated heterocycles. The van der Waals surface area contributed by atoms with E-state index in [0.717, 1.165) is 19.4 Å². The third-order valence-electron chi connectivity index (χ3n) is 2.72. The lowest BCUT2D eigenvalue weighted by atomic mass is 9.99. The molecule has 3 nitrogen and oxygen atoms in total. The van der Waals surface area contributed by atoms with Gasteiger partial charge in [-0.3, -0.25) is 0 Å². The molecular formula is C7H13NO2. The third kappa shape index (κ3) is 0.779. The summed E-state index contributed by atoms with van der Waals surface area (Å²) in [5, 5.41) is 21.9. The summed E-state index contributed by atoms with van der Waals surface area (Å²) >= 11 is 0. The third-order valence-corrected chi connectivity index (χ3v) is 2.72. The number of aliphatic hydroxyl groups is 2. The molecule has 3 N–H and O–H groups in total. The molecule has 10 heavy (non-hydrogen) atoms. The van der Waals surface area contributed by atoms with Crippen molar-refractivity contribution < 1.29 is 10.2 Å². The van der Waals surface area contributed by atoms with Gasteiger partial charge in [0, 0.05) is 6.04 Å². The summed E-state index contributed by atoms with van der Waals surface area (Å²) in [7, 11) is 0. The van der Waals surface area contributed by atoms with Crippen molar-refractivity contribution in [2.75, 3.05) is 6.54 Å². The summed E-state index contributed by atoms with van der Waals surface area (Å²) in [5.41, 5.74) is 0. The van der Waals surface area contributed by atoms with Crippen molar-refractivity contribution in [1.82, 2.24) is 5.32 Å². The Morgan fingerprint density at radius 3 is 2.60 bits per heavy atom. The normalized spacial score (nSPS) is 53.4. The zero-order valence-corrected chi connectivity index (χ0v) is 5.83. The minimum absolute atomic E-state index is 0.161. The predicted molar refractivity (Wildman–Crippen MR) is 36.5 cm³/mol. The van der Waals surface area contributed by atoms with Crippen LogP contribution in [0.4, 0.5) is 0 Å². The topological polar surface area (TPSA) is 52.5 Å². The van der Waals surface area contributed by atoms with Gasteiger partial charge in [-0.1, -0.05) is 0 Å². The Balaban J connectivity index is 2.13. The minimum atomic E-state index is -0.521. The average Bonchev–Trinajstić information content (AvgIpc) is 2.17. The van der Waals surface area contributed by atoms with Gasteiger partial charge in [0.2, 0.25) is 0 Å². The Morgan fingerprint density at radius 1 is 1.20 bits per heavy atom. The van der Waals surface area contributed by atoms with Gasteiger partial charge in [0.25, 0.3) is 0 Å². The SMILES string of the molecule is OC1C2CCNC(C2)C1O. The summed E-state index contributed by atoms with van der Waals surface area (Å²) in [6, 6.07) is 0.161. The molecule has 0 amide bonds. The van der Waals surface area contributed by atoms with E-state index in [2.05, 4.69) is 5.32 Å². The van der Waals surface area contributed by atoms with E-state index in [9.17, 15) is 10.2 Å². The highest BCUT2D eigenvalue weighted by Gasteiger charge is 2.43. The second-order valence-electron chi connectivity index (χ2n) is 3.33. The lowest BCUT2D eigenvalue weighted by molar-refractivity contribution is 0.0183. The van der Waals surface area contributed by atoms with Crippen LogP contribution in [0.1, 0.15) is 12.8 Å². The van der Waals surface area contributed by atoms with Crippen molar-refractivity contribution in [1.29, 1.82) is 0 Å². The van der Waals surface area contributed by atoms with Crippen molar-refractivity contribution in [3.05, 3.63) is 0 Å². The predicted octanol–water partition coefficient (Wildman–Crippen LogP) is -0.910. The molecule has 2 fully saturated rings. The molecule has 58 valence electrons. The number of aliphatic hydroxyl groups excluding tert-OH is 2. The standard InChI is InChI=1S/C7H13NO2/c9-6-4-1-2-8-5(3-4)7(6)10/h4-10H,1-3H2. The Kier molecular flexibility index (Phi) is 1.44. The van der Waals surface area contributed by atoms with E-state index in [-0.39, 0.29) is 6.04 Å². The van der Waals surface area contributed by atoms with E-state index in [0.29, 0.717) is 5.92 Å². The van der Waals surface area contributed by atoms with E-state index < -0.39 is 12.2 Å². The summed E-state index contributed by atoms with van der Waals surface area (Å²) in [6.07, 6.45) is 0.962. The lowest BCUT2D eigenvalue weighted by Crippen LogP contribution is -2.39. The molecule has 0 aromatic heterocycles. The van der Waals surface area contributed by atoms with E-state index in [1.807, 2.05) is 0 Å². The van der Waals surface area contributed by atoms with Crippen LogP contribution in [0.5, 0.6) is 0 Å². The fourth-order valence-electron chi connectivity index (χ4n) is 2.07. The molecule has 1 aliphatic heterocycles. The van der Waals surface area contributed by atoms with Crippen LogP contribution in [0.15, 0.2) is 0 Å². The zero-order valence-electron chi connectivity index (χ0n) is 5.83. The van der Waals surface area contributed by atoms with Crippen LogP contribution >= 0.6 is 0 Å². The van der Waals surface area contributed by atoms with E-state index in [4.69, 9.17) is 0 Å². The molecule has 4 unspecified atom stereocenters. The van der Waals surface area contributed by atoms with Crippen molar-refractivity contribution in [2.24, 2.45) is 5.92 Å². The largest absolute Gasteiger partial charge is 0.390 e. The van der Waals surface area contributed by atoms with Crippen LogP contribution in [0.25, 0.3) is 0 Å². The van der Waals surface area contributed by atoms with Gasteiger partial charge in [-0.05, 0) is 25.3 Å². The van der Waals surface area contributed by atoms with Crippen molar-refractivity contribution in [2.45, 2.75) is 31.1 Å². The first kappa shape index (κ1) is 6.58. The molecule has 2 rings (SSSR count). The molecule has 1 heterocycles. The highest BCUT2D eigenvalue weighted by Crippen LogP contribution is 2.31. The summed E-state index contributed by atoms with van der Waals surface area (Å²) in [6.45, 7) is 0.948. The van der Waals surface area contributed by atoms with Crippen LogP contribution < -0.4 is 5.32 Å². The Morgan fingerprint density at radius 2 is 2.00 bits per heavy atom. The van der Waals surface area contributed by atoms with Gasteiger partial charge < -0.3 is 15.5 Å². The quantitative estimate of drug-likeness (QED) is 0.411. The number of hydrogen-bond acceptors (Lipinski definition) is 3. The van der Waals surface area contributed by atoms with Crippen LogP contribution in [0.2, 0.25) is 0 Å². The van der Waals surface area contributed by atoms with Crippen molar-refractivity contribution in [3.63, 3.8) is 0 Å². The molecular weight excluding hydrogens is 130 g/mol. The van der Waals surface area contributed by atoms with Crippen LogP contribution in [0, 0.1) is 5.92 Å². The number of hydrogen-bond donors (Lipinski definition) is 3. The molecule has 3 heteroatoms. The Bertz CT molecular complexity index is 122. The zero-order chi connectivity index (χ0) is 7.14. The fourth-order valence-corrected chi connectivity index (χ4v) is 2.07. The van der Waals surface area contributed by atoms with Crippen molar-refractivity contribution >= 4 is 0 Å². The second kappa shape index (κ2) is 2.19. The second-order valence-corrected chi connectivity index (χ2v) is 3.33. The van der Waals surface area contributed by atoms with Gasteiger partial charge >= 0.3 is 0 Å². The highest BCUT2D eigenvalue weighted by atomic mass is 16.3. The first-order chi connectivity index (χ1) is 4.79. The van der Waals surface area contributed by atoms with Crippen LogP contribution in [0.3, 0.4) is 0 Å². The summed E-state index contributed by atoms with van der Waals surface area (Å²) in [5.74, 6) is 0.348. The molecule has 0 aromatic rings. The number of fused-ring (bicyclic) bond motifs is 2. The van der Waals surface area contributed by atoms with Crippen molar-refractivity contribution in [3.8, 4) is 0 Å². The van der Waals surface area contributed by atoms with Gasteiger partial charge in [0.05, 0.1) is 12.2 Å². The van der Waals surface area contributed by atoms with Gasteiger partial charge in [0.15, 0.2) is 0 Å². The van der Waals surface area contributed by atoms with E-state index in [1.54, 1.807) is 0 Å². The average molecular weight is 143 g/mol. The maximum absolute atomic E-state index is 9.38.